The van der Waals surface area contributed by atoms with Gasteiger partial charge in [-0.25, -0.2) is 4.79 Å². The fourth-order valence-corrected chi connectivity index (χ4v) is 4.29. The molecule has 0 spiro atoms. The summed E-state index contributed by atoms with van der Waals surface area (Å²) in [4.78, 5) is 24.0. The Balaban J connectivity index is 1.92. The van der Waals surface area contributed by atoms with Gasteiger partial charge in [0.05, 0.1) is 36.4 Å². The molecule has 0 aromatic heterocycles. The van der Waals surface area contributed by atoms with Gasteiger partial charge in [0.1, 0.15) is 6.61 Å². The van der Waals surface area contributed by atoms with Crippen LogP contribution in [-0.4, -0.2) is 47.0 Å². The minimum atomic E-state index is -1.62. The van der Waals surface area contributed by atoms with Crippen molar-refractivity contribution >= 4 is 22.8 Å². The van der Waals surface area contributed by atoms with E-state index in [4.69, 9.17) is 14.6 Å². The highest BCUT2D eigenvalue weighted by Gasteiger charge is 2.34. The number of benzene rings is 2. The normalized spacial score (nSPS) is 15.0. The maximum absolute atomic E-state index is 12.9. The van der Waals surface area contributed by atoms with Crippen molar-refractivity contribution in [3.63, 3.8) is 0 Å². The molecule has 0 fully saturated rings. The maximum Gasteiger partial charge on any atom is 0.338 e. The van der Waals surface area contributed by atoms with Crippen LogP contribution in [-0.2, 0) is 27.1 Å². The number of rotatable bonds is 7. The smallest absolute Gasteiger partial charge is 0.338 e. The molecule has 2 aromatic rings. The molecule has 0 saturated carbocycles. The largest absolute Gasteiger partial charge is 0.606 e. The van der Waals surface area contributed by atoms with Crippen molar-refractivity contribution in [3.8, 4) is 0 Å². The van der Waals surface area contributed by atoms with Crippen LogP contribution >= 0.6 is 0 Å². The zero-order chi connectivity index (χ0) is 19.4. The van der Waals surface area contributed by atoms with Crippen LogP contribution in [0, 0.1) is 10.1 Å². The highest BCUT2D eigenvalue weighted by Crippen LogP contribution is 2.38. The van der Waals surface area contributed by atoms with E-state index in [0.717, 1.165) is 11.6 Å². The fourth-order valence-electron chi connectivity index (χ4n) is 2.84. The summed E-state index contributed by atoms with van der Waals surface area (Å²) in [5.74, 6) is -0.737. The molecule has 142 valence electrons. The lowest BCUT2D eigenvalue weighted by Crippen LogP contribution is -2.20. The van der Waals surface area contributed by atoms with Gasteiger partial charge < -0.3 is 19.1 Å². The van der Waals surface area contributed by atoms with Crippen LogP contribution < -0.4 is 0 Å². The predicted molar refractivity (Wildman–Crippen MR) is 95.2 cm³/mol. The number of nitro benzene ring substituents is 1. The van der Waals surface area contributed by atoms with E-state index in [0.29, 0.717) is 16.9 Å². The molecular formula is C18H17NO7S. The third-order valence-corrected chi connectivity index (χ3v) is 5.62. The molecule has 1 atom stereocenters. The maximum atomic E-state index is 12.9. The molecule has 1 aliphatic rings. The van der Waals surface area contributed by atoms with Gasteiger partial charge in [-0.1, -0.05) is 18.2 Å². The van der Waals surface area contributed by atoms with Gasteiger partial charge >= 0.3 is 5.97 Å². The molecule has 9 heteroatoms. The first kappa shape index (κ1) is 19.3. The van der Waals surface area contributed by atoms with Gasteiger partial charge in [-0.2, -0.15) is 0 Å². The number of ether oxygens (including phenoxy) is 2. The van der Waals surface area contributed by atoms with E-state index < -0.39 is 22.1 Å². The summed E-state index contributed by atoms with van der Waals surface area (Å²) in [6, 6.07) is 9.49. The zero-order valence-corrected chi connectivity index (χ0v) is 15.1. The third kappa shape index (κ3) is 4.11. The topological polar surface area (TPSA) is 122 Å². The molecule has 1 aliphatic heterocycles. The van der Waals surface area contributed by atoms with Crippen molar-refractivity contribution in [2.24, 2.45) is 0 Å². The molecular weight excluding hydrogens is 374 g/mol. The third-order valence-electron chi connectivity index (χ3n) is 4.06. The first-order valence-corrected chi connectivity index (χ1v) is 9.34. The Morgan fingerprint density at radius 3 is 2.70 bits per heavy atom. The first-order valence-electron chi connectivity index (χ1n) is 8.19. The van der Waals surface area contributed by atoms with Crippen molar-refractivity contribution in [2.75, 3.05) is 26.4 Å². The average molecular weight is 391 g/mol. The zero-order valence-electron chi connectivity index (χ0n) is 14.3. The Morgan fingerprint density at radius 2 is 1.96 bits per heavy atom. The average Bonchev–Trinajstić information content (AvgIpc) is 2.67. The molecule has 0 amide bonds. The second-order valence-electron chi connectivity index (χ2n) is 5.75. The van der Waals surface area contributed by atoms with E-state index in [1.165, 1.54) is 6.07 Å². The Labute approximate surface area is 158 Å². The number of carbonyl (C=O) groups is 1. The molecule has 8 nitrogen and oxygen atoms in total. The SMILES string of the molecule is O=C(OCCOCCO)c1cc([N+](=O)[O-])cc2c1Cc1ccccc1[S+]2[O-]. The number of hydrogen-bond donors (Lipinski definition) is 1. The Bertz CT molecular complexity index is 871. The van der Waals surface area contributed by atoms with Gasteiger partial charge in [0.15, 0.2) is 9.79 Å². The van der Waals surface area contributed by atoms with Crippen LogP contribution in [0.4, 0.5) is 5.69 Å². The van der Waals surface area contributed by atoms with Crippen LogP contribution in [0.5, 0.6) is 0 Å². The van der Waals surface area contributed by atoms with E-state index in [1.54, 1.807) is 12.1 Å². The van der Waals surface area contributed by atoms with Crippen molar-refractivity contribution < 1.29 is 28.9 Å². The van der Waals surface area contributed by atoms with Crippen molar-refractivity contribution in [1.29, 1.82) is 0 Å². The molecule has 27 heavy (non-hydrogen) atoms. The molecule has 0 aliphatic carbocycles. The number of aliphatic hydroxyl groups is 1. The van der Waals surface area contributed by atoms with Crippen LogP contribution in [0.1, 0.15) is 21.5 Å². The second-order valence-corrected chi connectivity index (χ2v) is 7.17. The van der Waals surface area contributed by atoms with E-state index in [-0.39, 0.29) is 42.6 Å². The summed E-state index contributed by atoms with van der Waals surface area (Å²) in [6.45, 7) is 0.0191. The molecule has 2 aromatic carbocycles. The van der Waals surface area contributed by atoms with Gasteiger partial charge in [-0.15, -0.1) is 0 Å². The van der Waals surface area contributed by atoms with Gasteiger partial charge in [-0.3, -0.25) is 10.1 Å². The molecule has 0 bridgehead atoms. The standard InChI is InChI=1S/C18H17NO7S/c20-5-6-25-7-8-26-18(21)15-10-13(19(22)23)11-17-14(15)9-12-3-1-2-4-16(12)27(17)24/h1-4,10-11,20H,5-9H2. The lowest BCUT2D eigenvalue weighted by molar-refractivity contribution is -0.385. The summed E-state index contributed by atoms with van der Waals surface area (Å²) < 4.78 is 23.0. The van der Waals surface area contributed by atoms with Crippen molar-refractivity contribution in [3.05, 3.63) is 63.2 Å². The fraction of sp³-hybridized carbons (Fsp3) is 0.278. The molecule has 1 unspecified atom stereocenters. The minimum Gasteiger partial charge on any atom is -0.606 e. The minimum absolute atomic E-state index is 0.0317. The van der Waals surface area contributed by atoms with Crippen LogP contribution in [0.25, 0.3) is 0 Å². The van der Waals surface area contributed by atoms with E-state index in [1.807, 2.05) is 12.1 Å². The highest BCUT2D eigenvalue weighted by molar-refractivity contribution is 7.91. The number of aliphatic hydroxyl groups excluding tert-OH is 1. The Hall–Kier alpha value is -2.46. The van der Waals surface area contributed by atoms with Gasteiger partial charge in [0.2, 0.25) is 0 Å². The molecule has 1 N–H and O–H groups in total. The molecule has 0 radical (unpaired) electrons. The Kier molecular flexibility index (Phi) is 6.07. The number of nitrogens with zero attached hydrogens (tertiary/aromatic N) is 1. The van der Waals surface area contributed by atoms with Gasteiger partial charge in [-0.05, 0) is 6.07 Å². The summed E-state index contributed by atoms with van der Waals surface area (Å²) in [5, 5.41) is 19.9. The number of fused-ring (bicyclic) bond motifs is 2. The lowest BCUT2D eigenvalue weighted by Gasteiger charge is -2.23. The molecule has 3 rings (SSSR count). The summed E-state index contributed by atoms with van der Waals surface area (Å²) in [5.41, 5.74) is 0.991. The monoisotopic (exact) mass is 391 g/mol. The number of hydrogen-bond acceptors (Lipinski definition) is 7. The number of non-ortho nitro benzene ring substituents is 1. The molecule has 1 heterocycles. The predicted octanol–water partition coefficient (Wildman–Crippen LogP) is 1.83. The number of esters is 1. The highest BCUT2D eigenvalue weighted by atomic mass is 32.2. The van der Waals surface area contributed by atoms with Crippen LogP contribution in [0.3, 0.4) is 0 Å². The second kappa shape index (κ2) is 8.49. The summed E-state index contributed by atoms with van der Waals surface area (Å²) in [6.07, 6.45) is 0.334. The molecule has 0 saturated heterocycles. The summed E-state index contributed by atoms with van der Waals surface area (Å²) >= 11 is -1.62. The number of nitro groups is 1. The van der Waals surface area contributed by atoms with Crippen molar-refractivity contribution in [1.82, 2.24) is 0 Å². The quantitative estimate of drug-likeness (QED) is 0.251. The van der Waals surface area contributed by atoms with E-state index >= 15 is 0 Å². The van der Waals surface area contributed by atoms with Gasteiger partial charge in [0, 0.05) is 34.8 Å². The Morgan fingerprint density at radius 1 is 1.19 bits per heavy atom. The lowest BCUT2D eigenvalue weighted by atomic mass is 9.98. The van der Waals surface area contributed by atoms with E-state index in [2.05, 4.69) is 0 Å². The van der Waals surface area contributed by atoms with Crippen LogP contribution in [0.2, 0.25) is 0 Å². The number of carbonyl (C=O) groups excluding carboxylic acids is 1. The van der Waals surface area contributed by atoms with E-state index in [9.17, 15) is 19.5 Å². The summed E-state index contributed by atoms with van der Waals surface area (Å²) in [7, 11) is 0. The van der Waals surface area contributed by atoms with Crippen molar-refractivity contribution in [2.45, 2.75) is 16.2 Å². The van der Waals surface area contributed by atoms with Crippen LogP contribution in [0.15, 0.2) is 46.2 Å². The first-order chi connectivity index (χ1) is 13.0. The van der Waals surface area contributed by atoms with Gasteiger partial charge in [0.25, 0.3) is 5.69 Å².